The summed E-state index contributed by atoms with van der Waals surface area (Å²) in [5.74, 6) is -2.65. The minimum absolute atomic E-state index is 0.126. The number of aryl methyl sites for hydroxylation is 1. The first-order chi connectivity index (χ1) is 14.3. The number of carbonyl (C=O) groups excluding carboxylic acids is 1. The molecule has 2 aromatic rings. The molecule has 0 unspecified atom stereocenters. The largest absolute Gasteiger partial charge is 0.408 e. The van der Waals surface area contributed by atoms with E-state index in [1.165, 1.54) is 6.20 Å². The molecule has 3 N–H and O–H groups in total. The van der Waals surface area contributed by atoms with Crippen LogP contribution in [0.4, 0.5) is 27.6 Å². The van der Waals surface area contributed by atoms with Crippen molar-refractivity contribution in [1.29, 1.82) is 0 Å². The van der Waals surface area contributed by atoms with Crippen LogP contribution in [-0.2, 0) is 0 Å². The highest BCUT2D eigenvalue weighted by Gasteiger charge is 2.39. The lowest BCUT2D eigenvalue weighted by atomic mass is 9.97. The van der Waals surface area contributed by atoms with E-state index in [1.54, 1.807) is 11.8 Å². The topological polar surface area (TPSA) is 71.2 Å². The van der Waals surface area contributed by atoms with Gasteiger partial charge in [-0.3, -0.25) is 9.78 Å². The van der Waals surface area contributed by atoms with Crippen molar-refractivity contribution >= 4 is 11.6 Å². The lowest BCUT2D eigenvalue weighted by Gasteiger charge is -2.28. The van der Waals surface area contributed by atoms with Crippen molar-refractivity contribution in [1.82, 2.24) is 10.3 Å². The number of aromatic nitrogens is 1. The van der Waals surface area contributed by atoms with Crippen molar-refractivity contribution in [3.8, 4) is 11.1 Å². The molecule has 0 radical (unpaired) electrons. The molecule has 31 heavy (non-hydrogen) atoms. The van der Waals surface area contributed by atoms with Gasteiger partial charge in [-0.25, -0.2) is 8.78 Å². The van der Waals surface area contributed by atoms with Gasteiger partial charge in [-0.2, -0.15) is 13.2 Å². The first-order valence-electron chi connectivity index (χ1n) is 9.66. The number of nitrogens with one attached hydrogen (secondary N) is 1. The predicted octanol–water partition coefficient (Wildman–Crippen LogP) is 3.94. The Balaban J connectivity index is 2.19. The molecule has 1 saturated heterocycles. The van der Waals surface area contributed by atoms with Gasteiger partial charge < -0.3 is 16.0 Å². The maximum atomic E-state index is 13.9. The number of hydrogen-bond acceptors (Lipinski definition) is 4. The van der Waals surface area contributed by atoms with Crippen molar-refractivity contribution in [2.24, 2.45) is 5.73 Å². The SMILES string of the molecule is Cc1ncc(C(=O)N[C@@H](C)C(F)(F)F)c(N2CC[C@](C)(N)C2)c1-c1cc(F)cc(F)c1. The molecular formula is C21H23F5N4O. The first kappa shape index (κ1) is 22.9. The zero-order chi connectivity index (χ0) is 23.1. The summed E-state index contributed by atoms with van der Waals surface area (Å²) in [6.45, 7) is 4.95. The third kappa shape index (κ3) is 4.95. The maximum absolute atomic E-state index is 13.9. The zero-order valence-electron chi connectivity index (χ0n) is 17.3. The Morgan fingerprint density at radius 2 is 1.87 bits per heavy atom. The van der Waals surface area contributed by atoms with Crippen LogP contribution in [0.5, 0.6) is 0 Å². The van der Waals surface area contributed by atoms with Crippen LogP contribution in [0.2, 0.25) is 0 Å². The van der Waals surface area contributed by atoms with Gasteiger partial charge in [-0.05, 0) is 44.9 Å². The van der Waals surface area contributed by atoms with Crippen LogP contribution in [0.3, 0.4) is 0 Å². The fraction of sp³-hybridized carbons (Fsp3) is 0.429. The van der Waals surface area contributed by atoms with Crippen molar-refractivity contribution < 1.29 is 26.7 Å². The molecule has 3 rings (SSSR count). The maximum Gasteiger partial charge on any atom is 0.408 e. The second kappa shape index (κ2) is 8.07. The molecule has 0 spiro atoms. The molecule has 0 bridgehead atoms. The van der Waals surface area contributed by atoms with E-state index in [9.17, 15) is 26.7 Å². The minimum atomic E-state index is -4.63. The minimum Gasteiger partial charge on any atom is -0.368 e. The quantitative estimate of drug-likeness (QED) is 0.704. The van der Waals surface area contributed by atoms with E-state index in [2.05, 4.69) is 4.98 Å². The van der Waals surface area contributed by atoms with Gasteiger partial charge in [0.2, 0.25) is 0 Å². The Kier molecular flexibility index (Phi) is 5.96. The van der Waals surface area contributed by atoms with E-state index in [-0.39, 0.29) is 22.4 Å². The van der Waals surface area contributed by atoms with Gasteiger partial charge in [0.05, 0.1) is 11.3 Å². The summed E-state index contributed by atoms with van der Waals surface area (Å²) in [5, 5.41) is 1.93. The van der Waals surface area contributed by atoms with Crippen LogP contribution in [0.1, 0.15) is 36.3 Å². The third-order valence-electron chi connectivity index (χ3n) is 5.30. The molecule has 1 fully saturated rings. The van der Waals surface area contributed by atoms with Gasteiger partial charge in [-0.1, -0.05) is 0 Å². The number of halogens is 5. The number of benzene rings is 1. The smallest absolute Gasteiger partial charge is 0.368 e. The van der Waals surface area contributed by atoms with Crippen LogP contribution in [0.15, 0.2) is 24.4 Å². The summed E-state index contributed by atoms with van der Waals surface area (Å²) in [6.07, 6.45) is -2.90. The van der Waals surface area contributed by atoms with Crippen molar-refractivity contribution in [2.45, 2.75) is 44.9 Å². The average molecular weight is 442 g/mol. The van der Waals surface area contributed by atoms with E-state index in [1.807, 2.05) is 12.2 Å². The molecule has 1 aliphatic rings. The number of anilines is 1. The van der Waals surface area contributed by atoms with E-state index >= 15 is 0 Å². The van der Waals surface area contributed by atoms with Gasteiger partial charge in [0.1, 0.15) is 17.7 Å². The van der Waals surface area contributed by atoms with Crippen LogP contribution in [-0.4, -0.2) is 41.7 Å². The molecule has 1 aromatic carbocycles. The lowest BCUT2D eigenvalue weighted by molar-refractivity contribution is -0.149. The van der Waals surface area contributed by atoms with Crippen molar-refractivity contribution in [2.75, 3.05) is 18.0 Å². The highest BCUT2D eigenvalue weighted by molar-refractivity contribution is 6.04. The fourth-order valence-corrected chi connectivity index (χ4v) is 3.66. The number of nitrogens with two attached hydrogens (primary N) is 1. The second-order valence-corrected chi connectivity index (χ2v) is 8.20. The number of amides is 1. The van der Waals surface area contributed by atoms with E-state index in [4.69, 9.17) is 5.73 Å². The number of rotatable bonds is 4. The lowest BCUT2D eigenvalue weighted by Crippen LogP contribution is -2.44. The Hall–Kier alpha value is -2.75. The molecule has 0 aliphatic carbocycles. The Bertz CT molecular complexity index is 986. The molecule has 1 aliphatic heterocycles. The molecule has 168 valence electrons. The molecular weight excluding hydrogens is 419 g/mol. The number of hydrogen-bond donors (Lipinski definition) is 2. The molecule has 1 amide bonds. The first-order valence-corrected chi connectivity index (χ1v) is 9.66. The van der Waals surface area contributed by atoms with Crippen LogP contribution in [0, 0.1) is 18.6 Å². The normalized spacial score (nSPS) is 20.1. The highest BCUT2D eigenvalue weighted by atomic mass is 19.4. The van der Waals surface area contributed by atoms with E-state index in [0.717, 1.165) is 19.1 Å². The molecule has 2 heterocycles. The van der Waals surface area contributed by atoms with Crippen molar-refractivity contribution in [3.05, 3.63) is 47.3 Å². The van der Waals surface area contributed by atoms with Gasteiger partial charge >= 0.3 is 6.18 Å². The Morgan fingerprint density at radius 1 is 1.26 bits per heavy atom. The standard InChI is InChI=1S/C21H23F5N4O/c1-11-17(13-6-14(22)8-15(23)7-13)18(30-5-4-20(3,27)10-30)16(9-28-11)19(31)29-12(2)21(24,25)26/h6-9,12H,4-5,10,27H2,1-3H3,(H,29,31)/t12-,20-/m0/s1. The molecule has 10 heteroatoms. The monoisotopic (exact) mass is 442 g/mol. The van der Waals surface area contributed by atoms with Crippen molar-refractivity contribution in [3.63, 3.8) is 0 Å². The second-order valence-electron chi connectivity index (χ2n) is 8.20. The summed E-state index contributed by atoms with van der Waals surface area (Å²) in [6, 6.07) is 0.797. The summed E-state index contributed by atoms with van der Waals surface area (Å²) >= 11 is 0. The summed E-state index contributed by atoms with van der Waals surface area (Å²) in [4.78, 5) is 18.7. The average Bonchev–Trinajstić information content (AvgIpc) is 2.99. The number of carbonyl (C=O) groups is 1. The van der Waals surface area contributed by atoms with E-state index < -0.39 is 35.3 Å². The van der Waals surface area contributed by atoms with Crippen LogP contribution >= 0.6 is 0 Å². The highest BCUT2D eigenvalue weighted by Crippen LogP contribution is 2.39. The number of alkyl halides is 3. The summed E-state index contributed by atoms with van der Waals surface area (Å²) in [5.41, 5.74) is 6.50. The number of nitrogens with zero attached hydrogens (tertiary/aromatic N) is 2. The fourth-order valence-electron chi connectivity index (χ4n) is 3.66. The van der Waals surface area contributed by atoms with Crippen LogP contribution < -0.4 is 16.0 Å². The van der Waals surface area contributed by atoms with Gasteiger partial charge in [0.25, 0.3) is 5.91 Å². The Morgan fingerprint density at radius 3 is 2.39 bits per heavy atom. The zero-order valence-corrected chi connectivity index (χ0v) is 17.3. The summed E-state index contributed by atoms with van der Waals surface area (Å²) < 4.78 is 66.8. The predicted molar refractivity (Wildman–Crippen MR) is 107 cm³/mol. The summed E-state index contributed by atoms with van der Waals surface area (Å²) in [7, 11) is 0. The van der Waals surface area contributed by atoms with Gasteiger partial charge in [0.15, 0.2) is 0 Å². The third-order valence-corrected chi connectivity index (χ3v) is 5.30. The molecule has 2 atom stereocenters. The molecule has 5 nitrogen and oxygen atoms in total. The Labute approximate surface area is 176 Å². The van der Waals surface area contributed by atoms with Gasteiger partial charge in [-0.15, -0.1) is 0 Å². The van der Waals surface area contributed by atoms with Crippen LogP contribution in [0.25, 0.3) is 11.1 Å². The van der Waals surface area contributed by atoms with E-state index in [0.29, 0.717) is 31.3 Å². The number of pyridine rings is 1. The van der Waals surface area contributed by atoms with Gasteiger partial charge in [0, 0.05) is 42.1 Å². The molecule has 1 aromatic heterocycles. The molecule has 0 saturated carbocycles.